The summed E-state index contributed by atoms with van der Waals surface area (Å²) < 4.78 is 36.3. The quantitative estimate of drug-likeness (QED) is 0.889. The Balaban J connectivity index is 2.73. The van der Waals surface area contributed by atoms with Gasteiger partial charge in [-0.25, -0.2) is 4.79 Å². The van der Waals surface area contributed by atoms with Crippen LogP contribution in [0, 0.1) is 6.92 Å². The van der Waals surface area contributed by atoms with Gasteiger partial charge in [0.2, 0.25) is 0 Å². The second-order valence-corrected chi connectivity index (χ2v) is 4.88. The van der Waals surface area contributed by atoms with E-state index >= 15 is 0 Å². The van der Waals surface area contributed by atoms with E-state index in [-0.39, 0.29) is 4.88 Å². The van der Waals surface area contributed by atoms with Crippen LogP contribution >= 0.6 is 11.3 Å². The Morgan fingerprint density at radius 3 is 2.44 bits per heavy atom. The molecule has 1 unspecified atom stereocenters. The number of alkyl halides is 3. The van der Waals surface area contributed by atoms with Crippen LogP contribution in [0.5, 0.6) is 0 Å². The molecule has 100 valence electrons. The number of carbonyl (C=O) groups is 2. The van der Waals surface area contributed by atoms with Gasteiger partial charge in [0, 0.05) is 4.88 Å². The first-order valence-electron chi connectivity index (χ1n) is 4.86. The van der Waals surface area contributed by atoms with Crippen molar-refractivity contribution in [2.75, 3.05) is 0 Å². The number of aliphatic carboxylic acids is 1. The van der Waals surface area contributed by atoms with Gasteiger partial charge in [0.25, 0.3) is 5.91 Å². The Morgan fingerprint density at radius 2 is 2.06 bits per heavy atom. The van der Waals surface area contributed by atoms with Crippen LogP contribution in [0.4, 0.5) is 13.2 Å². The molecule has 0 aromatic carbocycles. The molecule has 1 atom stereocenters. The third-order valence-corrected chi connectivity index (χ3v) is 3.00. The van der Waals surface area contributed by atoms with Crippen LogP contribution in [0.2, 0.25) is 0 Å². The lowest BCUT2D eigenvalue weighted by Gasteiger charge is -2.15. The van der Waals surface area contributed by atoms with E-state index in [1.807, 2.05) is 5.32 Å². The molecule has 4 nitrogen and oxygen atoms in total. The van der Waals surface area contributed by atoms with Crippen molar-refractivity contribution in [2.24, 2.45) is 0 Å². The number of amides is 1. The van der Waals surface area contributed by atoms with Crippen molar-refractivity contribution in [3.05, 3.63) is 21.9 Å². The van der Waals surface area contributed by atoms with Crippen molar-refractivity contribution >= 4 is 23.2 Å². The summed E-state index contributed by atoms with van der Waals surface area (Å²) in [6.45, 7) is 1.73. The van der Waals surface area contributed by atoms with Crippen LogP contribution in [0.3, 0.4) is 0 Å². The number of rotatable bonds is 4. The number of hydrogen-bond acceptors (Lipinski definition) is 3. The Labute approximate surface area is 104 Å². The fourth-order valence-electron chi connectivity index (χ4n) is 1.22. The number of hydrogen-bond donors (Lipinski definition) is 2. The molecule has 0 fully saturated rings. The minimum atomic E-state index is -4.65. The molecule has 0 aliphatic rings. The third kappa shape index (κ3) is 4.36. The summed E-state index contributed by atoms with van der Waals surface area (Å²) in [4.78, 5) is 23.2. The maximum Gasteiger partial charge on any atom is 0.391 e. The molecule has 1 heterocycles. The van der Waals surface area contributed by atoms with Gasteiger partial charge in [-0.05, 0) is 19.1 Å². The number of carboxylic acids is 1. The van der Waals surface area contributed by atoms with Crippen LogP contribution < -0.4 is 5.32 Å². The van der Waals surface area contributed by atoms with Gasteiger partial charge in [0.05, 0.1) is 11.3 Å². The number of halogens is 3. The second kappa shape index (κ2) is 5.38. The Bertz CT molecular complexity index is 455. The molecule has 0 radical (unpaired) electrons. The third-order valence-electron chi connectivity index (χ3n) is 2.00. The van der Waals surface area contributed by atoms with E-state index in [0.29, 0.717) is 0 Å². The molecule has 0 saturated carbocycles. The summed E-state index contributed by atoms with van der Waals surface area (Å²) in [7, 11) is 0. The lowest BCUT2D eigenvalue weighted by atomic mass is 10.2. The monoisotopic (exact) mass is 281 g/mol. The standard InChI is InChI=1S/C10H10F3NO3S/c1-5-2-3-7(18-5)8(15)14-6(9(16)17)4-10(11,12)13/h2-3,6H,4H2,1H3,(H,14,15)(H,16,17). The highest BCUT2D eigenvalue weighted by Gasteiger charge is 2.36. The van der Waals surface area contributed by atoms with E-state index in [2.05, 4.69) is 0 Å². The summed E-state index contributed by atoms with van der Waals surface area (Å²) in [6, 6.07) is 1.08. The molecular formula is C10H10F3NO3S. The van der Waals surface area contributed by atoms with Crippen LogP contribution in [-0.4, -0.2) is 29.2 Å². The van der Waals surface area contributed by atoms with Gasteiger partial charge in [0.15, 0.2) is 0 Å². The Hall–Kier alpha value is -1.57. The smallest absolute Gasteiger partial charge is 0.391 e. The first kappa shape index (κ1) is 14.5. The fraction of sp³-hybridized carbons (Fsp3) is 0.400. The van der Waals surface area contributed by atoms with Gasteiger partial charge in [-0.1, -0.05) is 0 Å². The van der Waals surface area contributed by atoms with E-state index in [1.54, 1.807) is 13.0 Å². The van der Waals surface area contributed by atoms with Gasteiger partial charge in [-0.15, -0.1) is 11.3 Å². The van der Waals surface area contributed by atoms with E-state index in [1.165, 1.54) is 6.07 Å². The largest absolute Gasteiger partial charge is 0.480 e. The normalized spacial score (nSPS) is 13.1. The number of thiophene rings is 1. The van der Waals surface area contributed by atoms with Crippen LogP contribution in [-0.2, 0) is 4.79 Å². The summed E-state index contributed by atoms with van der Waals surface area (Å²) in [5.41, 5.74) is 0. The molecule has 0 spiro atoms. The number of aryl methyl sites for hydroxylation is 1. The second-order valence-electron chi connectivity index (χ2n) is 3.59. The van der Waals surface area contributed by atoms with E-state index in [4.69, 9.17) is 5.11 Å². The Kier molecular flexibility index (Phi) is 4.33. The SMILES string of the molecule is Cc1ccc(C(=O)NC(CC(F)(F)F)C(=O)O)s1. The number of carbonyl (C=O) groups excluding carboxylic acids is 1. The van der Waals surface area contributed by atoms with Crippen molar-refractivity contribution < 1.29 is 27.9 Å². The molecule has 0 aliphatic heterocycles. The molecule has 0 aliphatic carbocycles. The zero-order valence-corrected chi connectivity index (χ0v) is 10.1. The van der Waals surface area contributed by atoms with E-state index in [9.17, 15) is 22.8 Å². The van der Waals surface area contributed by atoms with Crippen molar-refractivity contribution in [3.8, 4) is 0 Å². The molecule has 1 rings (SSSR count). The zero-order chi connectivity index (χ0) is 13.9. The summed E-state index contributed by atoms with van der Waals surface area (Å²) in [6.07, 6.45) is -6.25. The lowest BCUT2D eigenvalue weighted by molar-refractivity contribution is -0.157. The van der Waals surface area contributed by atoms with Gasteiger partial charge >= 0.3 is 12.1 Å². The fourth-order valence-corrected chi connectivity index (χ4v) is 1.99. The van der Waals surface area contributed by atoms with Crippen molar-refractivity contribution in [2.45, 2.75) is 25.6 Å². The van der Waals surface area contributed by atoms with E-state index in [0.717, 1.165) is 16.2 Å². The molecule has 1 aromatic rings. The predicted molar refractivity (Wildman–Crippen MR) is 58.6 cm³/mol. The van der Waals surface area contributed by atoms with Gasteiger partial charge in [-0.2, -0.15) is 13.2 Å². The maximum atomic E-state index is 12.1. The zero-order valence-electron chi connectivity index (χ0n) is 9.25. The lowest BCUT2D eigenvalue weighted by Crippen LogP contribution is -2.43. The molecule has 8 heteroatoms. The summed E-state index contributed by atoms with van der Waals surface area (Å²) >= 11 is 1.08. The molecule has 18 heavy (non-hydrogen) atoms. The number of carboxylic acid groups (broad SMARTS) is 1. The molecule has 0 saturated heterocycles. The average molecular weight is 281 g/mol. The molecule has 2 N–H and O–H groups in total. The predicted octanol–water partition coefficient (Wildman–Crippen LogP) is 2.19. The van der Waals surface area contributed by atoms with Gasteiger partial charge < -0.3 is 10.4 Å². The minimum absolute atomic E-state index is 0.181. The van der Waals surface area contributed by atoms with Crippen molar-refractivity contribution in [1.29, 1.82) is 0 Å². The van der Waals surface area contributed by atoms with Crippen LogP contribution in [0.1, 0.15) is 21.0 Å². The summed E-state index contributed by atoms with van der Waals surface area (Å²) in [5, 5.41) is 10.5. The first-order chi connectivity index (χ1) is 8.19. The first-order valence-corrected chi connectivity index (χ1v) is 5.67. The molecule has 1 amide bonds. The average Bonchev–Trinajstić information content (AvgIpc) is 2.61. The van der Waals surface area contributed by atoms with E-state index < -0.39 is 30.5 Å². The molecular weight excluding hydrogens is 271 g/mol. The highest BCUT2D eigenvalue weighted by Crippen LogP contribution is 2.22. The van der Waals surface area contributed by atoms with Gasteiger partial charge in [0.1, 0.15) is 6.04 Å². The molecule has 1 aromatic heterocycles. The van der Waals surface area contributed by atoms with Crippen LogP contribution in [0.25, 0.3) is 0 Å². The van der Waals surface area contributed by atoms with Crippen LogP contribution in [0.15, 0.2) is 12.1 Å². The van der Waals surface area contributed by atoms with Crippen molar-refractivity contribution in [3.63, 3.8) is 0 Å². The number of nitrogens with one attached hydrogen (secondary N) is 1. The molecule has 0 bridgehead atoms. The Morgan fingerprint density at radius 1 is 1.44 bits per heavy atom. The van der Waals surface area contributed by atoms with Crippen molar-refractivity contribution in [1.82, 2.24) is 5.32 Å². The summed E-state index contributed by atoms with van der Waals surface area (Å²) in [5.74, 6) is -2.53. The maximum absolute atomic E-state index is 12.1. The minimum Gasteiger partial charge on any atom is -0.480 e. The van der Waals surface area contributed by atoms with Gasteiger partial charge in [-0.3, -0.25) is 4.79 Å². The topological polar surface area (TPSA) is 66.4 Å². The highest BCUT2D eigenvalue weighted by molar-refractivity contribution is 7.13. The highest BCUT2D eigenvalue weighted by atomic mass is 32.1.